The van der Waals surface area contributed by atoms with Crippen LogP contribution in [0.3, 0.4) is 0 Å². The molecular formula is C64H120O6. The van der Waals surface area contributed by atoms with Crippen LogP contribution in [0.1, 0.15) is 348 Å². The average Bonchev–Trinajstić information content (AvgIpc) is 3.36. The smallest absolute Gasteiger partial charge is 0.306 e. The Balaban J connectivity index is 3.95. The molecule has 0 saturated carbocycles. The molecule has 0 bridgehead atoms. The quantitative estimate of drug-likeness (QED) is 0.0261. The molecular weight excluding hydrogens is 865 g/mol. The molecule has 1 atom stereocenters. The number of hydrogen-bond donors (Lipinski definition) is 0. The molecule has 0 N–H and O–H groups in total. The van der Waals surface area contributed by atoms with Gasteiger partial charge in [0.2, 0.25) is 0 Å². The fourth-order valence-corrected chi connectivity index (χ4v) is 9.44. The first-order valence-electron chi connectivity index (χ1n) is 31.3. The topological polar surface area (TPSA) is 78.9 Å². The number of rotatable bonds is 58. The predicted octanol–water partition coefficient (Wildman–Crippen LogP) is 21.1. The van der Waals surface area contributed by atoms with Crippen molar-refractivity contribution in [3.8, 4) is 0 Å². The van der Waals surface area contributed by atoms with E-state index in [4.69, 9.17) is 14.2 Å². The van der Waals surface area contributed by atoms with Crippen LogP contribution in [0, 0.1) is 0 Å². The lowest BCUT2D eigenvalue weighted by Crippen LogP contribution is -2.30. The molecule has 0 aliphatic heterocycles. The average molecular weight is 986 g/mol. The van der Waals surface area contributed by atoms with Crippen LogP contribution in [-0.4, -0.2) is 37.2 Å². The SMILES string of the molecule is CCCCCCCCC/C=C\CCCCCCCCCC(=O)OC(COC(=O)CCCCCCC)COC(=O)CCCCCCCCCCCCCCCCCCC/C=C\CCCCCCCCCC. The fourth-order valence-electron chi connectivity index (χ4n) is 9.44. The van der Waals surface area contributed by atoms with Gasteiger partial charge in [-0.05, 0) is 70.6 Å². The van der Waals surface area contributed by atoms with E-state index in [0.717, 1.165) is 64.2 Å². The number of carbonyl (C=O) groups is 3. The van der Waals surface area contributed by atoms with Crippen LogP contribution in [-0.2, 0) is 28.6 Å². The van der Waals surface area contributed by atoms with Crippen LogP contribution in [0.4, 0.5) is 0 Å². The van der Waals surface area contributed by atoms with Crippen LogP contribution in [0.25, 0.3) is 0 Å². The summed E-state index contributed by atoms with van der Waals surface area (Å²) in [5.41, 5.74) is 0. The molecule has 0 fully saturated rings. The van der Waals surface area contributed by atoms with Crippen molar-refractivity contribution >= 4 is 17.9 Å². The van der Waals surface area contributed by atoms with Gasteiger partial charge < -0.3 is 14.2 Å². The first kappa shape index (κ1) is 67.9. The van der Waals surface area contributed by atoms with Crippen molar-refractivity contribution < 1.29 is 28.6 Å². The number of unbranched alkanes of at least 4 members (excludes halogenated alkanes) is 43. The van der Waals surface area contributed by atoms with Crippen molar-refractivity contribution in [2.45, 2.75) is 354 Å². The molecule has 0 aliphatic rings. The van der Waals surface area contributed by atoms with Crippen LogP contribution in [0.2, 0.25) is 0 Å². The second kappa shape index (κ2) is 59.5. The Bertz CT molecular complexity index is 1130. The first-order chi connectivity index (χ1) is 34.5. The summed E-state index contributed by atoms with van der Waals surface area (Å²) in [5.74, 6) is -0.868. The van der Waals surface area contributed by atoms with Gasteiger partial charge in [0.1, 0.15) is 13.2 Å². The minimum atomic E-state index is -0.767. The Hall–Kier alpha value is -2.11. The molecule has 0 aromatic rings. The van der Waals surface area contributed by atoms with E-state index in [1.165, 1.54) is 244 Å². The molecule has 6 nitrogen and oxygen atoms in total. The lowest BCUT2D eigenvalue weighted by atomic mass is 10.0. The van der Waals surface area contributed by atoms with Gasteiger partial charge in [-0.15, -0.1) is 0 Å². The third kappa shape index (κ3) is 56.8. The highest BCUT2D eigenvalue weighted by molar-refractivity contribution is 5.71. The van der Waals surface area contributed by atoms with E-state index >= 15 is 0 Å². The molecule has 412 valence electrons. The lowest BCUT2D eigenvalue weighted by Gasteiger charge is -2.18. The third-order valence-corrected chi connectivity index (χ3v) is 14.2. The second-order valence-electron chi connectivity index (χ2n) is 21.3. The van der Waals surface area contributed by atoms with E-state index in [1.807, 2.05) is 0 Å². The van der Waals surface area contributed by atoms with Crippen LogP contribution < -0.4 is 0 Å². The number of hydrogen-bond acceptors (Lipinski definition) is 6. The Morgan fingerprint density at radius 2 is 0.471 bits per heavy atom. The summed E-state index contributed by atoms with van der Waals surface area (Å²) in [4.78, 5) is 37.8. The van der Waals surface area contributed by atoms with Crippen LogP contribution in [0.5, 0.6) is 0 Å². The number of ether oxygens (including phenoxy) is 3. The molecule has 0 radical (unpaired) electrons. The molecule has 0 aromatic heterocycles. The highest BCUT2D eigenvalue weighted by atomic mass is 16.6. The van der Waals surface area contributed by atoms with Gasteiger partial charge in [-0.25, -0.2) is 0 Å². The molecule has 70 heavy (non-hydrogen) atoms. The zero-order valence-corrected chi connectivity index (χ0v) is 47.3. The lowest BCUT2D eigenvalue weighted by molar-refractivity contribution is -0.167. The minimum absolute atomic E-state index is 0.0690. The van der Waals surface area contributed by atoms with E-state index in [-0.39, 0.29) is 31.1 Å². The second-order valence-corrected chi connectivity index (χ2v) is 21.3. The Morgan fingerprint density at radius 3 is 0.714 bits per heavy atom. The Morgan fingerprint density at radius 1 is 0.271 bits per heavy atom. The summed E-state index contributed by atoms with van der Waals surface area (Å²) in [6.07, 6.45) is 71.0. The molecule has 0 aromatic carbocycles. The molecule has 6 heteroatoms. The van der Waals surface area contributed by atoms with Crippen molar-refractivity contribution in [3.05, 3.63) is 24.3 Å². The van der Waals surface area contributed by atoms with Gasteiger partial charge in [-0.1, -0.05) is 283 Å². The van der Waals surface area contributed by atoms with Gasteiger partial charge in [-0.3, -0.25) is 14.4 Å². The number of allylic oxidation sites excluding steroid dienone is 4. The van der Waals surface area contributed by atoms with Gasteiger partial charge in [-0.2, -0.15) is 0 Å². The highest BCUT2D eigenvalue weighted by Gasteiger charge is 2.19. The summed E-state index contributed by atoms with van der Waals surface area (Å²) >= 11 is 0. The molecule has 0 aliphatic carbocycles. The largest absolute Gasteiger partial charge is 0.462 e. The summed E-state index contributed by atoms with van der Waals surface area (Å²) in [7, 11) is 0. The summed E-state index contributed by atoms with van der Waals surface area (Å²) in [6, 6.07) is 0. The molecule has 0 spiro atoms. The van der Waals surface area contributed by atoms with Crippen LogP contribution in [0.15, 0.2) is 24.3 Å². The zero-order valence-electron chi connectivity index (χ0n) is 47.3. The van der Waals surface area contributed by atoms with Crippen molar-refractivity contribution in [2.75, 3.05) is 13.2 Å². The fraction of sp³-hybridized carbons (Fsp3) is 0.891. The standard InChI is InChI=1S/C64H120O6/c1-4-7-10-13-15-17-19-21-23-25-27-28-29-30-31-32-33-34-35-36-37-39-40-42-44-46-48-51-54-57-63(66)69-60-61(59-68-62(65)56-53-50-12-9-6-3)70-64(67)58-55-52-49-47-45-43-41-38-26-24-22-20-18-16-14-11-8-5-2/h24-27,61H,4-23,28-60H2,1-3H3/b26-24-,27-25-. The van der Waals surface area contributed by atoms with Crippen molar-refractivity contribution in [1.82, 2.24) is 0 Å². The maximum Gasteiger partial charge on any atom is 0.306 e. The number of esters is 3. The summed E-state index contributed by atoms with van der Waals surface area (Å²) < 4.78 is 16.8. The van der Waals surface area contributed by atoms with E-state index < -0.39 is 6.10 Å². The molecule has 1 unspecified atom stereocenters. The molecule has 0 amide bonds. The van der Waals surface area contributed by atoms with Gasteiger partial charge in [0.15, 0.2) is 6.10 Å². The monoisotopic (exact) mass is 985 g/mol. The van der Waals surface area contributed by atoms with E-state index in [9.17, 15) is 14.4 Å². The van der Waals surface area contributed by atoms with E-state index in [2.05, 4.69) is 45.1 Å². The number of carbonyl (C=O) groups excluding carboxylic acids is 3. The van der Waals surface area contributed by atoms with Crippen molar-refractivity contribution in [1.29, 1.82) is 0 Å². The predicted molar refractivity (Wildman–Crippen MR) is 303 cm³/mol. The Kier molecular flexibility index (Phi) is 57.7. The minimum Gasteiger partial charge on any atom is -0.462 e. The zero-order chi connectivity index (χ0) is 50.7. The van der Waals surface area contributed by atoms with Crippen LogP contribution >= 0.6 is 0 Å². The van der Waals surface area contributed by atoms with Crippen molar-refractivity contribution in [3.63, 3.8) is 0 Å². The van der Waals surface area contributed by atoms with Gasteiger partial charge in [0, 0.05) is 19.3 Å². The Labute approximate surface area is 436 Å². The highest BCUT2D eigenvalue weighted by Crippen LogP contribution is 2.17. The summed E-state index contributed by atoms with van der Waals surface area (Å²) in [6.45, 7) is 6.60. The third-order valence-electron chi connectivity index (χ3n) is 14.2. The molecule has 0 heterocycles. The van der Waals surface area contributed by atoms with Gasteiger partial charge in [0.25, 0.3) is 0 Å². The molecule has 0 rings (SSSR count). The van der Waals surface area contributed by atoms with E-state index in [0.29, 0.717) is 19.3 Å². The van der Waals surface area contributed by atoms with Gasteiger partial charge in [0.05, 0.1) is 0 Å². The van der Waals surface area contributed by atoms with Gasteiger partial charge >= 0.3 is 17.9 Å². The summed E-state index contributed by atoms with van der Waals surface area (Å²) in [5, 5.41) is 0. The molecule has 0 saturated heterocycles. The maximum atomic E-state index is 12.8. The normalized spacial score (nSPS) is 12.1. The maximum absolute atomic E-state index is 12.8. The van der Waals surface area contributed by atoms with E-state index in [1.54, 1.807) is 0 Å². The van der Waals surface area contributed by atoms with Crippen molar-refractivity contribution in [2.24, 2.45) is 0 Å². The first-order valence-corrected chi connectivity index (χ1v) is 31.3.